The first-order valence-electron chi connectivity index (χ1n) is 28.5. The highest BCUT2D eigenvalue weighted by atomic mass is 16.5. The number of nitrogens with two attached hydrogens (primary N) is 3. The van der Waals surface area contributed by atoms with Gasteiger partial charge in [-0.1, -0.05) is 129 Å². The van der Waals surface area contributed by atoms with Crippen LogP contribution in [0.3, 0.4) is 0 Å². The lowest BCUT2D eigenvalue weighted by Crippen LogP contribution is -2.59. The molecule has 6 atom stereocenters. The van der Waals surface area contributed by atoms with Crippen molar-refractivity contribution in [2.75, 3.05) is 26.2 Å². The van der Waals surface area contributed by atoms with E-state index in [1.54, 1.807) is 6.20 Å². The number of ether oxygens (including phenoxy) is 1. The van der Waals surface area contributed by atoms with Crippen LogP contribution in [0.2, 0.25) is 0 Å². The van der Waals surface area contributed by atoms with E-state index in [2.05, 4.69) is 36.6 Å². The summed E-state index contributed by atoms with van der Waals surface area (Å²) in [6.45, 7) is 0.721. The lowest BCUT2D eigenvalue weighted by molar-refractivity contribution is -0.143. The average molecular weight is 1110 g/mol. The summed E-state index contributed by atoms with van der Waals surface area (Å²) >= 11 is 0. The molecule has 1 saturated heterocycles. The summed E-state index contributed by atoms with van der Waals surface area (Å²) in [5.41, 5.74) is 23.3. The number of carbonyl (C=O) groups excluding carboxylic acids is 6. The monoisotopic (exact) mass is 1110 g/mol. The van der Waals surface area contributed by atoms with E-state index in [0.29, 0.717) is 31.4 Å². The number of hydrogen-bond acceptors (Lipinski definition) is 10. The van der Waals surface area contributed by atoms with Gasteiger partial charge in [0.15, 0.2) is 5.96 Å². The van der Waals surface area contributed by atoms with Gasteiger partial charge in [0.25, 0.3) is 0 Å². The maximum atomic E-state index is 14.9. The maximum Gasteiger partial charge on any atom is 0.407 e. The van der Waals surface area contributed by atoms with E-state index in [4.69, 9.17) is 21.9 Å². The van der Waals surface area contributed by atoms with E-state index < -0.39 is 77.8 Å². The number of aromatic nitrogens is 1. The number of aliphatic imine (C=N–C) groups is 1. The Hall–Kier alpha value is -8.26. The molecule has 4 aromatic carbocycles. The third kappa shape index (κ3) is 15.8. The van der Waals surface area contributed by atoms with Gasteiger partial charge in [-0.25, -0.2) is 9.59 Å². The molecule has 1 saturated carbocycles. The molecule has 3 aliphatic rings. The van der Waals surface area contributed by atoms with Crippen LogP contribution < -0.4 is 43.8 Å². The number of guanidine groups is 1. The molecule has 2 fully saturated rings. The second-order valence-electron chi connectivity index (χ2n) is 21.5. The Balaban J connectivity index is 0.982. The first-order valence-corrected chi connectivity index (χ1v) is 28.5. The number of aliphatic carboxylic acids is 1. The van der Waals surface area contributed by atoms with Gasteiger partial charge in [0.05, 0.1) is 0 Å². The molecule has 20 heteroatoms. The van der Waals surface area contributed by atoms with E-state index in [0.717, 1.165) is 70.8 Å². The summed E-state index contributed by atoms with van der Waals surface area (Å²) in [7, 11) is 0. The molecule has 1 aliphatic heterocycles. The maximum absolute atomic E-state index is 14.9. The fourth-order valence-electron chi connectivity index (χ4n) is 11.7. The van der Waals surface area contributed by atoms with Crippen molar-refractivity contribution in [3.8, 4) is 11.1 Å². The van der Waals surface area contributed by atoms with Gasteiger partial charge < -0.3 is 63.5 Å². The number of para-hydroxylation sites is 1. The number of nitrogens with zero attached hydrogens (tertiary/aromatic N) is 2. The number of alkyl carbamates (subject to hydrolysis) is 1. The highest BCUT2D eigenvalue weighted by Crippen LogP contribution is 2.44. The standard InChI is InChI=1S/C61H77N11O9/c62-30-14-13-27-48(67-55(74)51(34-39-19-5-2-6-20-39)71-61(80)81-37-46-44-24-9-7-22-42(44)43-23-8-10-25-45(43)46)58(77)72-32-16-29-53(72)57(76)70-50(33-38-17-3-1-4-18-38)54(73)69-52(35-40-36-66-47-26-12-11-21-41(40)47)56(75)68-49(59(78)79)28-15-31-65-60(63)64/h2,5-12,19-26,36,38,46,48-53,66H,1,3-4,13-18,27-35,37,62H2,(H,67,74)(H,68,75)(H,69,73)(H,70,76)(H,71,80)(H,78,79)(H4,63,64,65)/t48-,49-,50+,51-,52-,53-/m0/s1. The Bertz CT molecular complexity index is 2970. The zero-order chi connectivity index (χ0) is 57.3. The number of amides is 6. The average Bonchev–Trinajstić information content (AvgIpc) is 4.33. The summed E-state index contributed by atoms with van der Waals surface area (Å²) in [4.78, 5) is 108. The van der Waals surface area contributed by atoms with Gasteiger partial charge in [0.1, 0.15) is 42.9 Å². The molecular formula is C61H77N11O9. The van der Waals surface area contributed by atoms with Gasteiger partial charge in [-0.3, -0.25) is 29.0 Å². The summed E-state index contributed by atoms with van der Waals surface area (Å²) < 4.78 is 5.88. The predicted octanol–water partition coefficient (Wildman–Crippen LogP) is 5.03. The molecule has 0 bridgehead atoms. The summed E-state index contributed by atoms with van der Waals surface area (Å²) in [6.07, 6.45) is 8.13. The van der Waals surface area contributed by atoms with Gasteiger partial charge >= 0.3 is 12.1 Å². The Morgan fingerprint density at radius 3 is 1.96 bits per heavy atom. The van der Waals surface area contributed by atoms with Crippen LogP contribution in [0.5, 0.6) is 0 Å². The highest BCUT2D eigenvalue weighted by molar-refractivity contribution is 5.97. The van der Waals surface area contributed by atoms with Crippen LogP contribution in [-0.4, -0.2) is 125 Å². The van der Waals surface area contributed by atoms with E-state index in [-0.39, 0.29) is 82.4 Å². The topological polar surface area (TPSA) is 319 Å². The Morgan fingerprint density at radius 1 is 0.654 bits per heavy atom. The van der Waals surface area contributed by atoms with Gasteiger partial charge in [0.2, 0.25) is 29.5 Å². The predicted molar refractivity (Wildman–Crippen MR) is 308 cm³/mol. The van der Waals surface area contributed by atoms with Crippen LogP contribution in [0.4, 0.5) is 4.79 Å². The van der Waals surface area contributed by atoms with Gasteiger partial charge in [-0.05, 0) is 103 Å². The highest BCUT2D eigenvalue weighted by Gasteiger charge is 2.41. The molecule has 1 aromatic heterocycles. The Labute approximate surface area is 472 Å². The summed E-state index contributed by atoms with van der Waals surface area (Å²) in [5, 5.41) is 25.2. The third-order valence-corrected chi connectivity index (χ3v) is 15.9. The fourth-order valence-corrected chi connectivity index (χ4v) is 11.7. The molecule has 0 spiro atoms. The van der Waals surface area contributed by atoms with Crippen molar-refractivity contribution in [2.24, 2.45) is 28.1 Å². The lowest BCUT2D eigenvalue weighted by atomic mass is 9.84. The molecule has 2 heterocycles. The van der Waals surface area contributed by atoms with Gasteiger partial charge in [0, 0.05) is 48.9 Å². The van der Waals surface area contributed by atoms with Crippen LogP contribution >= 0.6 is 0 Å². The number of unbranched alkanes of at least 4 members (excludes halogenated alkanes) is 1. The first-order chi connectivity index (χ1) is 39.3. The van der Waals surface area contributed by atoms with Crippen LogP contribution in [0, 0.1) is 5.92 Å². The summed E-state index contributed by atoms with van der Waals surface area (Å²) in [5.74, 6) is -4.60. The molecule has 5 aromatic rings. The SMILES string of the molecule is NCCCC[C@H](NC(=O)[C@H](Cc1ccccc1)NC(=O)OCC1c2ccccc2-c2ccccc21)C(=O)N1CCC[C@H]1C(=O)N[C@H](CC1CCCCC1)C(=O)N[C@@H](Cc1c[nH]c2ccccc12)C(=O)N[C@@H](CCCN=C(N)N)C(=O)O. The Kier molecular flexibility index (Phi) is 20.9. The third-order valence-electron chi connectivity index (χ3n) is 15.9. The minimum absolute atomic E-state index is 0.00654. The van der Waals surface area contributed by atoms with Crippen molar-refractivity contribution < 1.29 is 43.4 Å². The van der Waals surface area contributed by atoms with Crippen molar-refractivity contribution in [2.45, 2.75) is 138 Å². The summed E-state index contributed by atoms with van der Waals surface area (Å²) in [6, 6.07) is 25.6. The molecule has 430 valence electrons. The molecule has 8 rings (SSSR count). The van der Waals surface area contributed by atoms with Crippen molar-refractivity contribution in [3.63, 3.8) is 0 Å². The molecule has 13 N–H and O–H groups in total. The molecule has 2 aliphatic carbocycles. The minimum Gasteiger partial charge on any atom is -0.480 e. The van der Waals surface area contributed by atoms with Gasteiger partial charge in [-0.15, -0.1) is 0 Å². The minimum atomic E-state index is -1.33. The number of aromatic amines is 1. The quantitative estimate of drug-likeness (QED) is 0.0188. The van der Waals surface area contributed by atoms with Crippen molar-refractivity contribution in [1.29, 1.82) is 0 Å². The number of fused-ring (bicyclic) bond motifs is 4. The second-order valence-corrected chi connectivity index (χ2v) is 21.5. The second kappa shape index (κ2) is 28.8. The molecular weight excluding hydrogens is 1030 g/mol. The Morgan fingerprint density at radius 2 is 1.27 bits per heavy atom. The number of nitrogens with one attached hydrogen (secondary N) is 6. The molecule has 20 nitrogen and oxygen atoms in total. The van der Waals surface area contributed by atoms with Crippen LogP contribution in [0.25, 0.3) is 22.0 Å². The number of likely N-dealkylation sites (tertiary alicyclic amines) is 1. The smallest absolute Gasteiger partial charge is 0.407 e. The number of rotatable bonds is 27. The molecule has 6 amide bonds. The number of benzene rings is 4. The van der Waals surface area contributed by atoms with Crippen molar-refractivity contribution in [3.05, 3.63) is 132 Å². The normalized spacial score (nSPS) is 16.9. The largest absolute Gasteiger partial charge is 0.480 e. The number of carboxylic acid groups (broad SMARTS) is 1. The van der Waals surface area contributed by atoms with Crippen LogP contribution in [0.15, 0.2) is 114 Å². The van der Waals surface area contributed by atoms with E-state index in [1.807, 2.05) is 103 Å². The van der Waals surface area contributed by atoms with Crippen molar-refractivity contribution >= 4 is 58.5 Å². The first kappa shape index (κ1) is 58.9. The van der Waals surface area contributed by atoms with Gasteiger partial charge in [-0.2, -0.15) is 0 Å². The molecule has 81 heavy (non-hydrogen) atoms. The lowest BCUT2D eigenvalue weighted by Gasteiger charge is -2.32. The van der Waals surface area contributed by atoms with Crippen LogP contribution in [0.1, 0.15) is 112 Å². The number of H-pyrrole nitrogens is 1. The van der Waals surface area contributed by atoms with Crippen LogP contribution in [-0.2, 0) is 46.3 Å². The molecule has 0 unspecified atom stereocenters. The number of hydrogen-bond donors (Lipinski definition) is 10. The van der Waals surface area contributed by atoms with E-state index >= 15 is 0 Å². The van der Waals surface area contributed by atoms with E-state index in [1.165, 1.54) is 4.90 Å². The molecule has 0 radical (unpaired) electrons. The number of carbonyl (C=O) groups is 7. The zero-order valence-corrected chi connectivity index (χ0v) is 45.8. The van der Waals surface area contributed by atoms with Crippen molar-refractivity contribution in [1.82, 2.24) is 36.5 Å². The fraction of sp³-hybridized carbons (Fsp3) is 0.443. The number of carboxylic acids is 1. The van der Waals surface area contributed by atoms with E-state index in [9.17, 15) is 38.7 Å². The zero-order valence-electron chi connectivity index (χ0n) is 45.8.